The fourth-order valence-electron chi connectivity index (χ4n) is 0.521. The Balaban J connectivity index is 0. The Kier molecular flexibility index (Phi) is 15.1. The first-order chi connectivity index (χ1) is 5.15. The highest BCUT2D eigenvalue weighted by atomic mass is 79.9. The highest BCUT2D eigenvalue weighted by Gasteiger charge is 1.81. The molecule has 0 aromatic rings. The largest absolute Gasteiger partial charge is 0.503 e. The summed E-state index contributed by atoms with van der Waals surface area (Å²) in [6.07, 6.45) is 3.63. The summed E-state index contributed by atoms with van der Waals surface area (Å²) in [7, 11) is 0. The number of carboxylic acid groups (broad SMARTS) is 2. The molecule has 4 heteroatoms. The van der Waals surface area contributed by atoms with Gasteiger partial charge in [0.1, 0.15) is 0 Å². The Hall–Kier alpha value is -0.250. The second-order valence-electron chi connectivity index (χ2n) is 2.03. The lowest BCUT2D eigenvalue weighted by atomic mass is 10.2. The predicted octanol–water partition coefficient (Wildman–Crippen LogP) is 3.18. The first-order valence-electron chi connectivity index (χ1n) is 3.63. The lowest BCUT2D eigenvalue weighted by Gasteiger charge is -1.89. The van der Waals surface area contributed by atoms with E-state index >= 15 is 0 Å². The minimum absolute atomic E-state index is 1.17. The van der Waals surface area contributed by atoms with Gasteiger partial charge in [-0.2, -0.15) is 0 Å². The Morgan fingerprint density at radius 2 is 1.73 bits per heavy atom. The van der Waals surface area contributed by atoms with E-state index in [1.807, 2.05) is 0 Å². The van der Waals surface area contributed by atoms with Crippen molar-refractivity contribution in [2.24, 2.45) is 0 Å². The first-order valence-corrected chi connectivity index (χ1v) is 4.75. The summed E-state index contributed by atoms with van der Waals surface area (Å²) in [5.74, 6) is 0. The molecular weight excluding hydrogens is 212 g/mol. The summed E-state index contributed by atoms with van der Waals surface area (Å²) in [6.45, 7) is 2.23. The molecule has 0 atom stereocenters. The molecule has 0 bridgehead atoms. The molecule has 0 fully saturated rings. The van der Waals surface area contributed by atoms with Crippen molar-refractivity contribution >= 4 is 22.1 Å². The zero-order valence-corrected chi connectivity index (χ0v) is 8.30. The van der Waals surface area contributed by atoms with Gasteiger partial charge in [0.15, 0.2) is 0 Å². The van der Waals surface area contributed by atoms with Crippen LogP contribution >= 0.6 is 15.9 Å². The van der Waals surface area contributed by atoms with Gasteiger partial charge in [-0.1, -0.05) is 42.1 Å². The number of hydrogen-bond acceptors (Lipinski definition) is 1. The van der Waals surface area contributed by atoms with E-state index in [0.29, 0.717) is 0 Å². The molecule has 11 heavy (non-hydrogen) atoms. The monoisotopic (exact) mass is 226 g/mol. The molecule has 0 aliphatic carbocycles. The van der Waals surface area contributed by atoms with Gasteiger partial charge in [-0.25, -0.2) is 4.79 Å². The Bertz CT molecular complexity index is 77.8. The average molecular weight is 227 g/mol. The van der Waals surface area contributed by atoms with Gasteiger partial charge in [-0.05, 0) is 6.42 Å². The molecule has 0 aliphatic heterocycles. The molecule has 0 heterocycles. The van der Waals surface area contributed by atoms with E-state index in [1.54, 1.807) is 0 Å². The van der Waals surface area contributed by atoms with Crippen molar-refractivity contribution in [3.63, 3.8) is 0 Å². The van der Waals surface area contributed by atoms with Gasteiger partial charge in [0.25, 0.3) is 0 Å². The van der Waals surface area contributed by atoms with Crippen LogP contribution in [0, 0.1) is 0 Å². The molecule has 0 amide bonds. The third-order valence-electron chi connectivity index (χ3n) is 0.987. The minimum atomic E-state index is -1.83. The van der Waals surface area contributed by atoms with Crippen molar-refractivity contribution in [1.82, 2.24) is 0 Å². The molecule has 3 nitrogen and oxygen atoms in total. The quantitative estimate of drug-likeness (QED) is 0.572. The zero-order chi connectivity index (χ0) is 9.11. The Labute approximate surface area is 75.6 Å². The first kappa shape index (κ1) is 13.3. The van der Waals surface area contributed by atoms with Gasteiger partial charge in [-0.3, -0.25) is 0 Å². The van der Waals surface area contributed by atoms with Crippen molar-refractivity contribution in [1.29, 1.82) is 0 Å². The highest BCUT2D eigenvalue weighted by molar-refractivity contribution is 9.09. The topological polar surface area (TPSA) is 57.5 Å². The van der Waals surface area contributed by atoms with Crippen LogP contribution in [-0.2, 0) is 0 Å². The van der Waals surface area contributed by atoms with Crippen molar-refractivity contribution < 1.29 is 15.0 Å². The molecule has 0 aliphatic rings. The molecule has 0 spiro atoms. The summed E-state index contributed by atoms with van der Waals surface area (Å²) in [5, 5.41) is 15.1. The van der Waals surface area contributed by atoms with Crippen LogP contribution in [0.4, 0.5) is 4.79 Å². The van der Waals surface area contributed by atoms with Gasteiger partial charge in [0, 0.05) is 5.33 Å². The molecule has 68 valence electrons. The van der Waals surface area contributed by atoms with E-state index in [9.17, 15) is 0 Å². The van der Waals surface area contributed by atoms with Crippen molar-refractivity contribution in [3.8, 4) is 0 Å². The highest BCUT2D eigenvalue weighted by Crippen LogP contribution is 1.99. The molecule has 0 radical (unpaired) electrons. The van der Waals surface area contributed by atoms with E-state index in [2.05, 4.69) is 22.9 Å². The maximum Gasteiger partial charge on any atom is 0.503 e. The van der Waals surface area contributed by atoms with E-state index in [1.165, 1.54) is 31.0 Å². The number of alkyl halides is 1. The normalized spacial score (nSPS) is 8.18. The van der Waals surface area contributed by atoms with Crippen molar-refractivity contribution in [2.75, 3.05) is 5.33 Å². The van der Waals surface area contributed by atoms with Crippen LogP contribution in [0.15, 0.2) is 0 Å². The van der Waals surface area contributed by atoms with Crippen LogP contribution in [0.5, 0.6) is 0 Å². The molecule has 0 aromatic carbocycles. The fourth-order valence-corrected chi connectivity index (χ4v) is 0.918. The number of rotatable bonds is 4. The molecule has 2 N–H and O–H groups in total. The van der Waals surface area contributed by atoms with Crippen LogP contribution in [0.3, 0.4) is 0 Å². The Morgan fingerprint density at radius 3 is 2.00 bits per heavy atom. The van der Waals surface area contributed by atoms with E-state index in [-0.39, 0.29) is 0 Å². The summed E-state index contributed by atoms with van der Waals surface area (Å²) < 4.78 is 0. The third kappa shape index (κ3) is 41.6. The van der Waals surface area contributed by atoms with Gasteiger partial charge < -0.3 is 10.2 Å². The Morgan fingerprint density at radius 1 is 1.27 bits per heavy atom. The van der Waals surface area contributed by atoms with E-state index in [4.69, 9.17) is 15.0 Å². The maximum atomic E-state index is 8.56. The average Bonchev–Trinajstić information content (AvgIpc) is 1.88. The van der Waals surface area contributed by atoms with Crippen LogP contribution in [0.1, 0.15) is 32.6 Å². The molecule has 0 saturated carbocycles. The summed E-state index contributed by atoms with van der Waals surface area (Å²) in [4.78, 5) is 8.56. The fraction of sp³-hybridized carbons (Fsp3) is 0.857. The van der Waals surface area contributed by atoms with Gasteiger partial charge in [-0.15, -0.1) is 0 Å². The number of unbranched alkanes of at least 4 members (excludes halogenated alkanes) is 3. The van der Waals surface area contributed by atoms with E-state index in [0.717, 1.165) is 0 Å². The number of hydrogen-bond donors (Lipinski definition) is 2. The zero-order valence-electron chi connectivity index (χ0n) is 6.72. The third-order valence-corrected chi connectivity index (χ3v) is 1.55. The SMILES string of the molecule is CCCCCCBr.O=C(O)O. The minimum Gasteiger partial charge on any atom is -0.450 e. The van der Waals surface area contributed by atoms with Gasteiger partial charge >= 0.3 is 6.16 Å². The number of carbonyl (C=O) groups is 1. The van der Waals surface area contributed by atoms with Crippen LogP contribution in [0.25, 0.3) is 0 Å². The lowest BCUT2D eigenvalue weighted by molar-refractivity contribution is 0.137. The van der Waals surface area contributed by atoms with Crippen LogP contribution in [-0.4, -0.2) is 21.7 Å². The smallest absolute Gasteiger partial charge is 0.450 e. The standard InChI is InChI=1S/C6H13Br.CH2O3/c1-2-3-4-5-6-7;2-1(3)4/h2-6H2,1H3;(H2,2,3,4). The summed E-state index contributed by atoms with van der Waals surface area (Å²) in [5.41, 5.74) is 0. The predicted molar refractivity (Wildman–Crippen MR) is 48.6 cm³/mol. The summed E-state index contributed by atoms with van der Waals surface area (Å²) >= 11 is 3.38. The molecule has 0 rings (SSSR count). The van der Waals surface area contributed by atoms with Crippen LogP contribution in [0.2, 0.25) is 0 Å². The maximum absolute atomic E-state index is 8.56. The van der Waals surface area contributed by atoms with Gasteiger partial charge in [0.05, 0.1) is 0 Å². The lowest BCUT2D eigenvalue weighted by Crippen LogP contribution is -1.81. The van der Waals surface area contributed by atoms with Crippen molar-refractivity contribution in [3.05, 3.63) is 0 Å². The van der Waals surface area contributed by atoms with Gasteiger partial charge in [0.2, 0.25) is 0 Å². The van der Waals surface area contributed by atoms with Crippen molar-refractivity contribution in [2.45, 2.75) is 32.6 Å². The van der Waals surface area contributed by atoms with E-state index < -0.39 is 6.16 Å². The molecule has 0 aromatic heterocycles. The second-order valence-corrected chi connectivity index (χ2v) is 2.83. The van der Waals surface area contributed by atoms with Crippen LogP contribution < -0.4 is 0 Å². The molecule has 0 unspecified atom stereocenters. The number of halogens is 1. The second kappa shape index (κ2) is 12.4. The summed E-state index contributed by atoms with van der Waals surface area (Å²) in [6, 6.07) is 0. The molecule has 0 saturated heterocycles. The molecular formula is C7H15BrO3.